The summed E-state index contributed by atoms with van der Waals surface area (Å²) in [6.07, 6.45) is 17.4. The van der Waals surface area contributed by atoms with Crippen LogP contribution in [-0.2, 0) is 0 Å². The molecular formula is C19H36N2. The van der Waals surface area contributed by atoms with Crippen LogP contribution in [0.3, 0.4) is 0 Å². The van der Waals surface area contributed by atoms with Gasteiger partial charge in [-0.25, -0.2) is 0 Å². The van der Waals surface area contributed by atoms with E-state index in [1.165, 1.54) is 96.7 Å². The molecule has 0 radical (unpaired) electrons. The Bertz CT molecular complexity index is 297. The minimum absolute atomic E-state index is 0.522. The maximum absolute atomic E-state index is 4.06. The third kappa shape index (κ3) is 3.32. The van der Waals surface area contributed by atoms with Crippen LogP contribution in [0.5, 0.6) is 0 Å². The van der Waals surface area contributed by atoms with Gasteiger partial charge in [-0.15, -0.1) is 0 Å². The Morgan fingerprint density at radius 2 is 1.62 bits per heavy atom. The fourth-order valence-corrected chi connectivity index (χ4v) is 5.54. The lowest BCUT2D eigenvalue weighted by Crippen LogP contribution is -2.62. The van der Waals surface area contributed by atoms with Crippen LogP contribution < -0.4 is 5.32 Å². The first-order valence-corrected chi connectivity index (χ1v) is 9.85. The van der Waals surface area contributed by atoms with Gasteiger partial charge in [0.25, 0.3) is 0 Å². The van der Waals surface area contributed by atoms with Gasteiger partial charge < -0.3 is 5.32 Å². The van der Waals surface area contributed by atoms with Gasteiger partial charge >= 0.3 is 0 Å². The van der Waals surface area contributed by atoms with E-state index in [0.29, 0.717) is 5.54 Å². The number of rotatable bonds is 6. The van der Waals surface area contributed by atoms with Gasteiger partial charge in [0, 0.05) is 11.6 Å². The first-order valence-electron chi connectivity index (χ1n) is 9.85. The normalized spacial score (nSPS) is 29.0. The molecule has 21 heavy (non-hydrogen) atoms. The highest BCUT2D eigenvalue weighted by Gasteiger charge is 2.48. The van der Waals surface area contributed by atoms with Gasteiger partial charge in [-0.05, 0) is 70.5 Å². The smallest absolute Gasteiger partial charge is 0.0365 e. The summed E-state index contributed by atoms with van der Waals surface area (Å²) < 4.78 is 0. The molecule has 1 unspecified atom stereocenters. The van der Waals surface area contributed by atoms with Crippen LogP contribution in [0.2, 0.25) is 0 Å². The van der Waals surface area contributed by atoms with Gasteiger partial charge in [0.15, 0.2) is 0 Å². The molecule has 1 aliphatic heterocycles. The molecule has 0 spiro atoms. The molecule has 0 amide bonds. The van der Waals surface area contributed by atoms with Gasteiger partial charge in [0.1, 0.15) is 0 Å². The molecule has 2 heteroatoms. The van der Waals surface area contributed by atoms with Crippen LogP contribution in [0.4, 0.5) is 0 Å². The molecular weight excluding hydrogens is 256 g/mol. The van der Waals surface area contributed by atoms with Crippen LogP contribution >= 0.6 is 0 Å². The quantitative estimate of drug-likeness (QED) is 0.783. The molecule has 3 aliphatic rings. The van der Waals surface area contributed by atoms with Crippen molar-refractivity contribution < 1.29 is 0 Å². The highest BCUT2D eigenvalue weighted by Crippen LogP contribution is 2.44. The lowest BCUT2D eigenvalue weighted by molar-refractivity contribution is 0.0406. The fraction of sp³-hybridized carbons (Fsp3) is 1.00. The Morgan fingerprint density at radius 1 is 0.952 bits per heavy atom. The lowest BCUT2D eigenvalue weighted by atomic mass is 9.73. The van der Waals surface area contributed by atoms with Crippen molar-refractivity contribution in [1.29, 1.82) is 0 Å². The van der Waals surface area contributed by atoms with E-state index < -0.39 is 0 Å². The van der Waals surface area contributed by atoms with Crippen molar-refractivity contribution in [2.24, 2.45) is 5.92 Å². The SMILES string of the molecule is CCCNC(C1CCCCC1)C1(N2CCCC2)CCCC1. The topological polar surface area (TPSA) is 15.3 Å². The van der Waals surface area contributed by atoms with E-state index >= 15 is 0 Å². The third-order valence-electron chi connectivity index (χ3n) is 6.52. The third-order valence-corrected chi connectivity index (χ3v) is 6.52. The summed E-state index contributed by atoms with van der Waals surface area (Å²) in [7, 11) is 0. The number of nitrogens with zero attached hydrogens (tertiary/aromatic N) is 1. The Labute approximate surface area is 132 Å². The van der Waals surface area contributed by atoms with E-state index in [9.17, 15) is 0 Å². The van der Waals surface area contributed by atoms with Crippen molar-refractivity contribution in [2.75, 3.05) is 19.6 Å². The van der Waals surface area contributed by atoms with E-state index in [1.54, 1.807) is 0 Å². The Kier molecular flexibility index (Phi) is 5.61. The minimum atomic E-state index is 0.522. The zero-order chi connectivity index (χ0) is 14.5. The molecule has 0 aromatic rings. The lowest BCUT2D eigenvalue weighted by Gasteiger charge is -2.49. The molecule has 1 atom stereocenters. The first-order chi connectivity index (χ1) is 10.4. The average Bonchev–Trinajstić information content (AvgIpc) is 3.21. The standard InChI is InChI=1S/C19H36N2/c1-2-14-20-18(17-10-4-3-5-11-17)19(12-6-7-13-19)21-15-8-9-16-21/h17-18,20H,2-16H2,1H3. The summed E-state index contributed by atoms with van der Waals surface area (Å²) in [5, 5.41) is 4.06. The molecule has 0 aromatic carbocycles. The molecule has 0 aromatic heterocycles. The highest BCUT2D eigenvalue weighted by molar-refractivity contribution is 5.07. The second-order valence-corrected chi connectivity index (χ2v) is 7.83. The maximum Gasteiger partial charge on any atom is 0.0365 e. The molecule has 3 rings (SSSR count). The summed E-state index contributed by atoms with van der Waals surface area (Å²) in [5.41, 5.74) is 0.522. The molecule has 3 fully saturated rings. The molecule has 2 aliphatic carbocycles. The fourth-order valence-electron chi connectivity index (χ4n) is 5.54. The van der Waals surface area contributed by atoms with E-state index in [2.05, 4.69) is 17.1 Å². The van der Waals surface area contributed by atoms with E-state index in [0.717, 1.165) is 12.0 Å². The van der Waals surface area contributed by atoms with Crippen LogP contribution in [-0.4, -0.2) is 36.1 Å². The molecule has 2 nitrogen and oxygen atoms in total. The second kappa shape index (κ2) is 7.46. The largest absolute Gasteiger partial charge is 0.312 e. The average molecular weight is 293 g/mol. The number of likely N-dealkylation sites (tertiary alicyclic amines) is 1. The van der Waals surface area contributed by atoms with E-state index in [4.69, 9.17) is 0 Å². The van der Waals surface area contributed by atoms with Gasteiger partial charge in [-0.1, -0.05) is 39.0 Å². The number of nitrogens with one attached hydrogen (secondary N) is 1. The van der Waals surface area contributed by atoms with Gasteiger partial charge in [-0.2, -0.15) is 0 Å². The van der Waals surface area contributed by atoms with Crippen LogP contribution in [0.15, 0.2) is 0 Å². The van der Waals surface area contributed by atoms with E-state index in [1.807, 2.05) is 0 Å². The van der Waals surface area contributed by atoms with Gasteiger partial charge in [0.05, 0.1) is 0 Å². The van der Waals surface area contributed by atoms with Crippen LogP contribution in [0.1, 0.15) is 84.0 Å². The second-order valence-electron chi connectivity index (χ2n) is 7.83. The number of hydrogen-bond donors (Lipinski definition) is 1. The molecule has 1 heterocycles. The molecule has 1 N–H and O–H groups in total. The van der Waals surface area contributed by atoms with Gasteiger partial charge in [-0.3, -0.25) is 4.90 Å². The van der Waals surface area contributed by atoms with Crippen molar-refractivity contribution in [1.82, 2.24) is 10.2 Å². The Hall–Kier alpha value is -0.0800. The molecule has 2 saturated carbocycles. The number of hydrogen-bond acceptors (Lipinski definition) is 2. The van der Waals surface area contributed by atoms with Crippen molar-refractivity contribution in [3.63, 3.8) is 0 Å². The van der Waals surface area contributed by atoms with Crippen LogP contribution in [0, 0.1) is 5.92 Å². The monoisotopic (exact) mass is 292 g/mol. The summed E-state index contributed by atoms with van der Waals surface area (Å²) in [6, 6.07) is 0.776. The zero-order valence-electron chi connectivity index (χ0n) is 14.2. The van der Waals surface area contributed by atoms with Crippen molar-refractivity contribution in [3.05, 3.63) is 0 Å². The maximum atomic E-state index is 4.06. The highest BCUT2D eigenvalue weighted by atomic mass is 15.2. The first kappa shape index (κ1) is 15.8. The molecule has 122 valence electrons. The van der Waals surface area contributed by atoms with E-state index in [-0.39, 0.29) is 0 Å². The summed E-state index contributed by atoms with van der Waals surface area (Å²) >= 11 is 0. The molecule has 0 bridgehead atoms. The Morgan fingerprint density at radius 3 is 2.24 bits per heavy atom. The summed E-state index contributed by atoms with van der Waals surface area (Å²) in [4.78, 5) is 2.92. The van der Waals surface area contributed by atoms with Crippen molar-refractivity contribution in [3.8, 4) is 0 Å². The zero-order valence-corrected chi connectivity index (χ0v) is 14.2. The predicted molar refractivity (Wildman–Crippen MR) is 90.7 cm³/mol. The van der Waals surface area contributed by atoms with Crippen LogP contribution in [0.25, 0.3) is 0 Å². The predicted octanol–water partition coefficient (Wildman–Crippen LogP) is 4.34. The minimum Gasteiger partial charge on any atom is -0.312 e. The molecule has 1 saturated heterocycles. The Balaban J connectivity index is 1.79. The summed E-state index contributed by atoms with van der Waals surface area (Å²) in [5.74, 6) is 0.948. The van der Waals surface area contributed by atoms with Crippen molar-refractivity contribution in [2.45, 2.75) is 95.6 Å². The van der Waals surface area contributed by atoms with Gasteiger partial charge in [0.2, 0.25) is 0 Å². The van der Waals surface area contributed by atoms with Crippen molar-refractivity contribution >= 4 is 0 Å². The summed E-state index contributed by atoms with van der Waals surface area (Å²) in [6.45, 7) is 6.28.